The third-order valence-corrected chi connectivity index (χ3v) is 6.49. The van der Waals surface area contributed by atoms with E-state index >= 15 is 0 Å². The third kappa shape index (κ3) is 5.92. The van der Waals surface area contributed by atoms with Gasteiger partial charge in [0.15, 0.2) is 17.3 Å². The van der Waals surface area contributed by atoms with Gasteiger partial charge < -0.3 is 24.1 Å². The minimum atomic E-state index is -0.643. The molecule has 1 unspecified atom stereocenters. The van der Waals surface area contributed by atoms with E-state index in [1.807, 2.05) is 48.7 Å². The van der Waals surface area contributed by atoms with Gasteiger partial charge in [-0.05, 0) is 47.5 Å². The van der Waals surface area contributed by atoms with Crippen molar-refractivity contribution < 1.29 is 23.5 Å². The number of hydrogen-bond donors (Lipinski definition) is 1. The highest BCUT2D eigenvalue weighted by atomic mass is 32.1. The van der Waals surface area contributed by atoms with Crippen LogP contribution in [-0.2, 0) is 6.42 Å². The van der Waals surface area contributed by atoms with Gasteiger partial charge in [0.2, 0.25) is 5.88 Å². The number of carbonyl (C=O) groups is 1. The van der Waals surface area contributed by atoms with Crippen LogP contribution in [0.5, 0.6) is 17.4 Å². The number of nitrogens with one attached hydrogen (secondary N) is 1. The number of ether oxygens (including phenoxy) is 3. The van der Waals surface area contributed by atoms with Crippen molar-refractivity contribution in [3.8, 4) is 28.0 Å². The number of ketones is 1. The number of benzene rings is 1. The molecule has 0 spiro atoms. The van der Waals surface area contributed by atoms with E-state index in [4.69, 9.17) is 18.7 Å². The number of carbonyl (C=O) groups excluding carboxylic acids is 1. The zero-order chi connectivity index (χ0) is 25.3. The maximum absolute atomic E-state index is 13.8. The molecule has 0 aliphatic carbocycles. The molecule has 0 saturated heterocycles. The van der Waals surface area contributed by atoms with Crippen LogP contribution >= 0.6 is 11.3 Å². The normalized spacial score (nSPS) is 11.8. The van der Waals surface area contributed by atoms with Crippen molar-refractivity contribution in [2.24, 2.45) is 0 Å². The Balaban J connectivity index is 1.56. The van der Waals surface area contributed by atoms with E-state index in [2.05, 4.69) is 15.5 Å². The number of aromatic nitrogens is 2. The van der Waals surface area contributed by atoms with Crippen molar-refractivity contribution in [3.63, 3.8) is 0 Å². The number of hydrogen-bond acceptors (Lipinski definition) is 9. The van der Waals surface area contributed by atoms with Gasteiger partial charge >= 0.3 is 0 Å². The molecule has 188 valence electrons. The SMILES string of the molecule is CCCOc1ccc(C(NCCc2ccc(OC)c(OC)c2)C(=O)c2conc2-c2cccs2)cn1. The summed E-state index contributed by atoms with van der Waals surface area (Å²) in [5, 5.41) is 9.44. The van der Waals surface area contributed by atoms with Gasteiger partial charge in [-0.2, -0.15) is 0 Å². The summed E-state index contributed by atoms with van der Waals surface area (Å²) in [7, 11) is 3.22. The Morgan fingerprint density at radius 1 is 1.14 bits per heavy atom. The van der Waals surface area contributed by atoms with Gasteiger partial charge in [-0.3, -0.25) is 4.79 Å². The van der Waals surface area contributed by atoms with E-state index in [1.165, 1.54) is 17.6 Å². The highest BCUT2D eigenvalue weighted by Crippen LogP contribution is 2.31. The molecular formula is C27H29N3O5S. The molecule has 8 nitrogen and oxygen atoms in total. The summed E-state index contributed by atoms with van der Waals surface area (Å²) >= 11 is 1.50. The molecule has 0 amide bonds. The Bertz CT molecular complexity index is 1250. The molecule has 0 aliphatic rings. The molecule has 4 rings (SSSR count). The molecule has 1 N–H and O–H groups in total. The first-order chi connectivity index (χ1) is 17.6. The maximum atomic E-state index is 13.8. The summed E-state index contributed by atoms with van der Waals surface area (Å²) in [6.07, 6.45) is 4.65. The number of methoxy groups -OCH3 is 2. The molecule has 0 aliphatic heterocycles. The molecule has 0 fully saturated rings. The monoisotopic (exact) mass is 507 g/mol. The quantitative estimate of drug-likeness (QED) is 0.242. The van der Waals surface area contributed by atoms with Crippen molar-refractivity contribution >= 4 is 17.1 Å². The Morgan fingerprint density at radius 2 is 2.00 bits per heavy atom. The molecule has 3 heterocycles. The summed E-state index contributed by atoms with van der Waals surface area (Å²) in [5.74, 6) is 1.73. The van der Waals surface area contributed by atoms with Gasteiger partial charge in [0, 0.05) is 18.8 Å². The zero-order valence-corrected chi connectivity index (χ0v) is 21.3. The van der Waals surface area contributed by atoms with Gasteiger partial charge in [0.05, 0.1) is 37.3 Å². The van der Waals surface area contributed by atoms with Crippen molar-refractivity contribution in [1.82, 2.24) is 15.5 Å². The lowest BCUT2D eigenvalue weighted by Gasteiger charge is -2.18. The van der Waals surface area contributed by atoms with Gasteiger partial charge in [0.25, 0.3) is 0 Å². The Hall–Kier alpha value is -3.69. The molecule has 1 atom stereocenters. The first-order valence-electron chi connectivity index (χ1n) is 11.7. The van der Waals surface area contributed by atoms with E-state index < -0.39 is 6.04 Å². The van der Waals surface area contributed by atoms with E-state index in [0.717, 1.165) is 22.4 Å². The van der Waals surface area contributed by atoms with Crippen molar-refractivity contribution in [1.29, 1.82) is 0 Å². The molecule has 4 aromatic rings. The predicted molar refractivity (Wildman–Crippen MR) is 138 cm³/mol. The molecule has 0 radical (unpaired) electrons. The lowest BCUT2D eigenvalue weighted by atomic mass is 9.98. The molecule has 3 aromatic heterocycles. The fourth-order valence-electron chi connectivity index (χ4n) is 3.77. The van der Waals surface area contributed by atoms with E-state index in [-0.39, 0.29) is 5.78 Å². The van der Waals surface area contributed by atoms with Crippen LogP contribution in [0.25, 0.3) is 10.6 Å². The van der Waals surface area contributed by atoms with E-state index in [0.29, 0.717) is 48.2 Å². The fraction of sp³-hybridized carbons (Fsp3) is 0.296. The first kappa shape index (κ1) is 25.4. The molecular weight excluding hydrogens is 478 g/mol. The Morgan fingerprint density at radius 3 is 2.69 bits per heavy atom. The summed E-state index contributed by atoms with van der Waals surface area (Å²) < 4.78 is 21.6. The van der Waals surface area contributed by atoms with Crippen molar-refractivity contribution in [3.05, 3.63) is 77.0 Å². The molecule has 0 bridgehead atoms. The zero-order valence-electron chi connectivity index (χ0n) is 20.5. The summed E-state index contributed by atoms with van der Waals surface area (Å²) in [6, 6.07) is 12.6. The highest BCUT2D eigenvalue weighted by Gasteiger charge is 2.27. The van der Waals surface area contributed by atoms with Gasteiger partial charge in [-0.25, -0.2) is 4.98 Å². The number of thiophene rings is 1. The molecule has 9 heteroatoms. The molecule has 1 aromatic carbocycles. The van der Waals surface area contributed by atoms with Crippen LogP contribution in [0.3, 0.4) is 0 Å². The van der Waals surface area contributed by atoms with Crippen LogP contribution in [-0.4, -0.2) is 43.3 Å². The van der Waals surface area contributed by atoms with Gasteiger partial charge in [0.1, 0.15) is 12.0 Å². The minimum absolute atomic E-state index is 0.143. The topological polar surface area (TPSA) is 95.7 Å². The largest absolute Gasteiger partial charge is 0.493 e. The number of pyridine rings is 1. The summed E-state index contributed by atoms with van der Waals surface area (Å²) in [6.45, 7) is 3.16. The molecule has 0 saturated carbocycles. The van der Waals surface area contributed by atoms with Crippen LogP contribution < -0.4 is 19.5 Å². The maximum Gasteiger partial charge on any atom is 0.213 e. The summed E-state index contributed by atoms with van der Waals surface area (Å²) in [5.41, 5.74) is 2.75. The predicted octanol–water partition coefficient (Wildman–Crippen LogP) is 5.36. The lowest BCUT2D eigenvalue weighted by molar-refractivity contribution is 0.0943. The van der Waals surface area contributed by atoms with Crippen molar-refractivity contribution in [2.45, 2.75) is 25.8 Å². The number of Topliss-reactive ketones (excluding diaryl/α,β-unsaturated/α-hetero) is 1. The highest BCUT2D eigenvalue weighted by molar-refractivity contribution is 7.13. The second-order valence-corrected chi connectivity index (χ2v) is 8.97. The van der Waals surface area contributed by atoms with E-state index in [9.17, 15) is 4.79 Å². The summed E-state index contributed by atoms with van der Waals surface area (Å²) in [4.78, 5) is 19.0. The number of nitrogens with zero attached hydrogens (tertiary/aromatic N) is 2. The van der Waals surface area contributed by atoms with Crippen LogP contribution in [0.15, 0.2) is 64.8 Å². The lowest BCUT2D eigenvalue weighted by Crippen LogP contribution is -2.30. The smallest absolute Gasteiger partial charge is 0.213 e. The second-order valence-electron chi connectivity index (χ2n) is 8.02. The van der Waals surface area contributed by atoms with Crippen LogP contribution in [0.1, 0.15) is 40.9 Å². The fourth-order valence-corrected chi connectivity index (χ4v) is 4.49. The average molecular weight is 508 g/mol. The van der Waals surface area contributed by atoms with Crippen LogP contribution in [0.2, 0.25) is 0 Å². The van der Waals surface area contributed by atoms with Gasteiger partial charge in [-0.15, -0.1) is 11.3 Å². The Kier molecular flexibility index (Phi) is 8.70. The Labute approximate surface area is 214 Å². The standard InChI is InChI=1S/C27H29N3O5S/c1-4-13-34-24-10-8-19(16-29-24)25(27(31)20-17-35-30-26(20)23-6-5-14-36-23)28-12-11-18-7-9-21(32-2)22(15-18)33-3/h5-10,14-17,25,28H,4,11-13H2,1-3H3. The second kappa shape index (κ2) is 12.3. The first-order valence-corrected chi connectivity index (χ1v) is 12.6. The van der Waals surface area contributed by atoms with Gasteiger partial charge in [-0.1, -0.05) is 30.3 Å². The molecule has 36 heavy (non-hydrogen) atoms. The van der Waals surface area contributed by atoms with E-state index in [1.54, 1.807) is 26.5 Å². The van der Waals surface area contributed by atoms with Crippen LogP contribution in [0, 0.1) is 0 Å². The van der Waals surface area contributed by atoms with Crippen molar-refractivity contribution in [2.75, 3.05) is 27.4 Å². The van der Waals surface area contributed by atoms with Crippen LogP contribution in [0.4, 0.5) is 0 Å². The third-order valence-electron chi connectivity index (χ3n) is 5.61. The number of rotatable bonds is 13. The average Bonchev–Trinajstić information content (AvgIpc) is 3.62. The minimum Gasteiger partial charge on any atom is -0.493 e.